The van der Waals surface area contributed by atoms with E-state index in [0.29, 0.717) is 21.4 Å². The fourth-order valence-corrected chi connectivity index (χ4v) is 2.69. The minimum Gasteiger partial charge on any atom is -0.478 e. The lowest BCUT2D eigenvalue weighted by Gasteiger charge is -2.10. The first-order valence-corrected chi connectivity index (χ1v) is 7.04. The van der Waals surface area contributed by atoms with Crippen LogP contribution in [0.2, 0.25) is 5.02 Å². The van der Waals surface area contributed by atoms with Crippen LogP contribution >= 0.6 is 11.6 Å². The zero-order chi connectivity index (χ0) is 15.7. The summed E-state index contributed by atoms with van der Waals surface area (Å²) in [5.41, 5.74) is 0.583. The molecule has 5 heteroatoms. The molecule has 0 aliphatic heterocycles. The molecule has 3 aromatic rings. The fourth-order valence-electron chi connectivity index (χ4n) is 2.45. The van der Waals surface area contributed by atoms with Crippen molar-refractivity contribution in [3.63, 3.8) is 0 Å². The first-order valence-electron chi connectivity index (χ1n) is 6.67. The summed E-state index contributed by atoms with van der Waals surface area (Å²) < 4.78 is 1.49. The van der Waals surface area contributed by atoms with Crippen molar-refractivity contribution in [1.29, 1.82) is 0 Å². The highest BCUT2D eigenvalue weighted by molar-refractivity contribution is 6.35. The van der Waals surface area contributed by atoms with Crippen molar-refractivity contribution >= 4 is 28.3 Å². The molecule has 0 saturated heterocycles. The topological polar surface area (TPSA) is 59.3 Å². The van der Waals surface area contributed by atoms with E-state index in [1.807, 2.05) is 0 Å². The second-order valence-corrected chi connectivity index (χ2v) is 5.32. The predicted molar refractivity (Wildman–Crippen MR) is 85.7 cm³/mol. The molecule has 0 amide bonds. The minimum atomic E-state index is -1.01. The second-order valence-electron chi connectivity index (χ2n) is 4.91. The Labute approximate surface area is 131 Å². The van der Waals surface area contributed by atoms with Gasteiger partial charge in [-0.1, -0.05) is 35.9 Å². The summed E-state index contributed by atoms with van der Waals surface area (Å²) in [5.74, 6) is -1.01. The molecule has 0 bridgehead atoms. The number of carbonyl (C=O) groups is 1. The zero-order valence-electron chi connectivity index (χ0n) is 11.5. The van der Waals surface area contributed by atoms with Gasteiger partial charge in [-0.25, -0.2) is 4.79 Å². The molecule has 0 aliphatic rings. The number of hydrogen-bond donors (Lipinski definition) is 1. The number of fused-ring (bicyclic) bond motifs is 1. The van der Waals surface area contributed by atoms with E-state index < -0.39 is 5.97 Å². The number of hydrogen-bond acceptors (Lipinski definition) is 2. The molecule has 0 spiro atoms. The highest BCUT2D eigenvalue weighted by Gasteiger charge is 2.11. The quantitative estimate of drug-likeness (QED) is 0.806. The maximum Gasteiger partial charge on any atom is 0.336 e. The molecule has 3 rings (SSSR count). The second kappa shape index (κ2) is 5.66. The number of aromatic carboxylic acids is 1. The van der Waals surface area contributed by atoms with Crippen LogP contribution < -0.4 is 5.56 Å². The van der Waals surface area contributed by atoms with Crippen molar-refractivity contribution in [1.82, 2.24) is 4.57 Å². The van der Waals surface area contributed by atoms with Crippen molar-refractivity contribution in [3.05, 3.63) is 81.2 Å². The molecule has 1 N–H and O–H groups in total. The van der Waals surface area contributed by atoms with Crippen molar-refractivity contribution in [2.24, 2.45) is 0 Å². The van der Waals surface area contributed by atoms with Crippen LogP contribution in [0.5, 0.6) is 0 Å². The number of nitrogens with zero attached hydrogens (tertiary/aromatic N) is 1. The number of carboxylic acids is 1. The smallest absolute Gasteiger partial charge is 0.336 e. The minimum absolute atomic E-state index is 0.194. The number of pyridine rings is 1. The molecule has 1 aromatic heterocycles. The number of aromatic nitrogens is 1. The van der Waals surface area contributed by atoms with Gasteiger partial charge in [0.15, 0.2) is 0 Å². The zero-order valence-corrected chi connectivity index (χ0v) is 12.2. The molecular weight excluding hydrogens is 302 g/mol. The Morgan fingerprint density at radius 1 is 1.05 bits per heavy atom. The third kappa shape index (κ3) is 2.49. The van der Waals surface area contributed by atoms with Gasteiger partial charge in [0.2, 0.25) is 0 Å². The molecule has 1 heterocycles. The molecule has 0 unspecified atom stereocenters. The Hall–Kier alpha value is -2.59. The van der Waals surface area contributed by atoms with E-state index in [-0.39, 0.29) is 17.7 Å². The Morgan fingerprint density at radius 3 is 2.59 bits per heavy atom. The highest BCUT2D eigenvalue weighted by atomic mass is 35.5. The average molecular weight is 314 g/mol. The first kappa shape index (κ1) is 14.4. The summed E-state index contributed by atoms with van der Waals surface area (Å²) in [6.07, 6.45) is 1.63. The Morgan fingerprint density at radius 2 is 1.82 bits per heavy atom. The maximum atomic E-state index is 12.5. The molecule has 110 valence electrons. The van der Waals surface area contributed by atoms with E-state index in [1.165, 1.54) is 10.6 Å². The first-order chi connectivity index (χ1) is 10.6. The Balaban J connectivity index is 2.11. The van der Waals surface area contributed by atoms with Gasteiger partial charge in [-0.05, 0) is 29.8 Å². The van der Waals surface area contributed by atoms with E-state index in [2.05, 4.69) is 0 Å². The lowest BCUT2D eigenvalue weighted by atomic mass is 10.1. The van der Waals surface area contributed by atoms with E-state index in [9.17, 15) is 14.7 Å². The van der Waals surface area contributed by atoms with E-state index in [1.54, 1.807) is 48.7 Å². The maximum absolute atomic E-state index is 12.5. The van der Waals surface area contributed by atoms with Gasteiger partial charge in [-0.2, -0.15) is 0 Å². The van der Waals surface area contributed by atoms with Gasteiger partial charge in [0.1, 0.15) is 0 Å². The molecule has 22 heavy (non-hydrogen) atoms. The van der Waals surface area contributed by atoms with Gasteiger partial charge in [0.05, 0.1) is 12.1 Å². The molecule has 0 aliphatic carbocycles. The van der Waals surface area contributed by atoms with Crippen LogP contribution in [0.3, 0.4) is 0 Å². The summed E-state index contributed by atoms with van der Waals surface area (Å²) in [6.45, 7) is 0.198. The van der Waals surface area contributed by atoms with Gasteiger partial charge >= 0.3 is 5.97 Å². The highest BCUT2D eigenvalue weighted by Crippen LogP contribution is 2.20. The summed E-state index contributed by atoms with van der Waals surface area (Å²) in [6, 6.07) is 13.6. The molecule has 0 atom stereocenters. The van der Waals surface area contributed by atoms with Crippen LogP contribution in [0, 0.1) is 0 Å². The van der Waals surface area contributed by atoms with Crippen LogP contribution in [0.1, 0.15) is 15.9 Å². The Kier molecular flexibility index (Phi) is 3.69. The third-order valence-corrected chi connectivity index (χ3v) is 3.88. The normalized spacial score (nSPS) is 10.8. The van der Waals surface area contributed by atoms with Crippen molar-refractivity contribution < 1.29 is 9.90 Å². The summed E-state index contributed by atoms with van der Waals surface area (Å²) >= 11 is 6.08. The van der Waals surface area contributed by atoms with Gasteiger partial charge in [-0.15, -0.1) is 0 Å². The van der Waals surface area contributed by atoms with Crippen molar-refractivity contribution in [3.8, 4) is 0 Å². The van der Waals surface area contributed by atoms with Crippen LogP contribution in [0.25, 0.3) is 10.8 Å². The lowest BCUT2D eigenvalue weighted by molar-refractivity contribution is 0.0695. The number of benzene rings is 2. The van der Waals surface area contributed by atoms with Crippen LogP contribution in [0.4, 0.5) is 0 Å². The molecule has 0 radical (unpaired) electrons. The largest absolute Gasteiger partial charge is 0.478 e. The average Bonchev–Trinajstić information content (AvgIpc) is 2.51. The molecule has 0 saturated carbocycles. The van der Waals surface area contributed by atoms with Gasteiger partial charge in [-0.3, -0.25) is 4.79 Å². The molecule has 0 fully saturated rings. The summed E-state index contributed by atoms with van der Waals surface area (Å²) in [5, 5.41) is 10.9. The lowest BCUT2D eigenvalue weighted by Crippen LogP contribution is -2.21. The van der Waals surface area contributed by atoms with Crippen LogP contribution in [-0.2, 0) is 6.54 Å². The number of carboxylic acid groups (broad SMARTS) is 1. The van der Waals surface area contributed by atoms with Crippen LogP contribution in [-0.4, -0.2) is 15.6 Å². The standard InChI is InChI=1S/C17H12ClNO3/c18-15-7-3-6-14-13(15)8-9-19(16(14)20)10-11-4-1-2-5-12(11)17(21)22/h1-9H,10H2,(H,21,22). The van der Waals surface area contributed by atoms with Crippen molar-refractivity contribution in [2.75, 3.05) is 0 Å². The van der Waals surface area contributed by atoms with Gasteiger partial charge in [0.25, 0.3) is 5.56 Å². The Bertz CT molecular complexity index is 931. The summed E-state index contributed by atoms with van der Waals surface area (Å²) in [7, 11) is 0. The van der Waals surface area contributed by atoms with Crippen LogP contribution in [0.15, 0.2) is 59.5 Å². The summed E-state index contributed by atoms with van der Waals surface area (Å²) in [4.78, 5) is 23.8. The fraction of sp³-hybridized carbons (Fsp3) is 0.0588. The SMILES string of the molecule is O=C(O)c1ccccc1Cn1ccc2c(Cl)cccc2c1=O. The van der Waals surface area contributed by atoms with E-state index in [0.717, 1.165) is 0 Å². The number of halogens is 1. The molecule has 2 aromatic carbocycles. The van der Waals surface area contributed by atoms with Gasteiger partial charge in [0, 0.05) is 22.0 Å². The third-order valence-electron chi connectivity index (χ3n) is 3.55. The monoisotopic (exact) mass is 313 g/mol. The number of rotatable bonds is 3. The van der Waals surface area contributed by atoms with E-state index in [4.69, 9.17) is 11.6 Å². The molecular formula is C17H12ClNO3. The van der Waals surface area contributed by atoms with E-state index >= 15 is 0 Å². The van der Waals surface area contributed by atoms with Crippen molar-refractivity contribution in [2.45, 2.75) is 6.54 Å². The van der Waals surface area contributed by atoms with Gasteiger partial charge < -0.3 is 9.67 Å². The predicted octanol–water partition coefficient (Wildman–Crippen LogP) is 3.40. The molecule has 4 nitrogen and oxygen atoms in total.